The summed E-state index contributed by atoms with van der Waals surface area (Å²) in [4.78, 5) is 25.8. The van der Waals surface area contributed by atoms with Crippen LogP contribution < -0.4 is 10.9 Å². The molecule has 0 fully saturated rings. The highest BCUT2D eigenvalue weighted by Crippen LogP contribution is 2.42. The maximum Gasteiger partial charge on any atom is 0.296 e. The van der Waals surface area contributed by atoms with Gasteiger partial charge in [-0.25, -0.2) is 0 Å². The second-order valence-corrected chi connectivity index (χ2v) is 9.20. The minimum absolute atomic E-state index is 0.145. The number of ketones is 1. The molecule has 1 aliphatic carbocycles. The number of anilines is 2. The van der Waals surface area contributed by atoms with Crippen molar-refractivity contribution in [3.8, 4) is 11.1 Å². The van der Waals surface area contributed by atoms with E-state index in [0.29, 0.717) is 44.4 Å². The topological polar surface area (TPSA) is 105 Å². The van der Waals surface area contributed by atoms with Gasteiger partial charge in [-0.15, -0.1) is 0 Å². The molecule has 4 aromatic rings. The normalized spacial score (nSPS) is 12.7. The quantitative estimate of drug-likeness (QED) is 0.405. The Morgan fingerprint density at radius 1 is 0.875 bits per heavy atom. The summed E-state index contributed by atoms with van der Waals surface area (Å²) in [5.74, 6) is -0.236. The fourth-order valence-electron chi connectivity index (χ4n) is 4.25. The summed E-state index contributed by atoms with van der Waals surface area (Å²) in [6.07, 6.45) is 0. The molecule has 1 heterocycles. The molecule has 8 heteroatoms. The molecular weight excluding hydrogens is 428 g/mol. The summed E-state index contributed by atoms with van der Waals surface area (Å²) < 4.78 is 35.1. The first-order chi connectivity index (χ1) is 15.2. The summed E-state index contributed by atoms with van der Waals surface area (Å²) in [7, 11) is -2.86. The van der Waals surface area contributed by atoms with Crippen molar-refractivity contribution >= 4 is 38.2 Å². The van der Waals surface area contributed by atoms with Crippen molar-refractivity contribution in [3.63, 3.8) is 0 Å². The molecule has 3 aromatic carbocycles. The molecule has 0 amide bonds. The van der Waals surface area contributed by atoms with E-state index in [1.165, 1.54) is 22.8 Å². The summed E-state index contributed by atoms with van der Waals surface area (Å²) in [5.41, 5.74) is 3.71. The van der Waals surface area contributed by atoms with Crippen molar-refractivity contribution in [1.29, 1.82) is 0 Å². The third kappa shape index (κ3) is 2.96. The van der Waals surface area contributed by atoms with Gasteiger partial charge >= 0.3 is 0 Å². The minimum atomic E-state index is -4.50. The second-order valence-electron chi connectivity index (χ2n) is 7.81. The zero-order valence-electron chi connectivity index (χ0n) is 17.2. The van der Waals surface area contributed by atoms with Crippen LogP contribution in [-0.2, 0) is 17.2 Å². The van der Waals surface area contributed by atoms with E-state index in [1.807, 2.05) is 6.07 Å². The SMILES string of the molecule is Cc1ccc(Nc2ccc3c4c(cc(=O)n3C)-c3ccccc3C(=O)c24)c(S(=O)(=O)O)c1. The minimum Gasteiger partial charge on any atom is -0.354 e. The standard InChI is InChI=1S/C24H18N2O5S/c1-13-7-8-17(20(11-13)32(29,30)31)25-18-9-10-19-22-16(12-21(27)26(19)2)14-5-3-4-6-15(14)24(28)23(18)22/h3-12,25H,1-2H3,(H,29,30,31). The Morgan fingerprint density at radius 3 is 2.28 bits per heavy atom. The number of hydrogen-bond acceptors (Lipinski definition) is 5. The van der Waals surface area contributed by atoms with Crippen molar-refractivity contribution in [2.24, 2.45) is 7.05 Å². The number of carbonyl (C=O) groups excluding carboxylic acids is 1. The van der Waals surface area contributed by atoms with Crippen LogP contribution in [0.5, 0.6) is 0 Å². The lowest BCUT2D eigenvalue weighted by molar-refractivity contribution is 0.104. The maximum atomic E-state index is 13.5. The van der Waals surface area contributed by atoms with Gasteiger partial charge in [0.15, 0.2) is 5.78 Å². The molecule has 2 N–H and O–H groups in total. The molecule has 1 aromatic heterocycles. The zero-order chi connectivity index (χ0) is 22.8. The Morgan fingerprint density at radius 2 is 1.56 bits per heavy atom. The number of carbonyl (C=O) groups is 1. The first-order valence-corrected chi connectivity index (χ1v) is 11.3. The van der Waals surface area contributed by atoms with Crippen LogP contribution in [0, 0.1) is 6.92 Å². The summed E-state index contributed by atoms with van der Waals surface area (Å²) in [6, 6.07) is 16.5. The molecular formula is C24H18N2O5S. The molecule has 160 valence electrons. The molecule has 5 rings (SSSR count). The molecule has 0 unspecified atom stereocenters. The third-order valence-corrected chi connectivity index (χ3v) is 6.68. The van der Waals surface area contributed by atoms with E-state index < -0.39 is 10.1 Å². The Balaban J connectivity index is 1.83. The Hall–Kier alpha value is -3.75. The average Bonchev–Trinajstić information content (AvgIpc) is 2.75. The molecule has 0 spiro atoms. The molecule has 0 bridgehead atoms. The highest BCUT2D eigenvalue weighted by molar-refractivity contribution is 7.86. The number of pyridine rings is 1. The van der Waals surface area contributed by atoms with Gasteiger partial charge in [0.2, 0.25) is 0 Å². The fraction of sp³-hybridized carbons (Fsp3) is 0.0833. The molecule has 0 radical (unpaired) electrons. The number of benzene rings is 3. The van der Waals surface area contributed by atoms with Crippen LogP contribution >= 0.6 is 0 Å². The van der Waals surface area contributed by atoms with E-state index >= 15 is 0 Å². The molecule has 0 saturated carbocycles. The Kier molecular flexibility index (Phi) is 4.34. The van der Waals surface area contributed by atoms with E-state index in [-0.39, 0.29) is 21.9 Å². The molecule has 0 aliphatic heterocycles. The van der Waals surface area contributed by atoms with Crippen LogP contribution in [0.25, 0.3) is 22.0 Å². The van der Waals surface area contributed by atoms with E-state index in [1.54, 1.807) is 50.4 Å². The first-order valence-electron chi connectivity index (χ1n) is 9.83. The van der Waals surface area contributed by atoms with Gasteiger partial charge < -0.3 is 9.88 Å². The lowest BCUT2D eigenvalue weighted by Gasteiger charge is -2.24. The van der Waals surface area contributed by atoms with Gasteiger partial charge in [-0.05, 0) is 47.9 Å². The zero-order valence-corrected chi connectivity index (χ0v) is 18.0. The number of aromatic nitrogens is 1. The van der Waals surface area contributed by atoms with Gasteiger partial charge in [0.1, 0.15) is 4.90 Å². The lowest BCUT2D eigenvalue weighted by Crippen LogP contribution is -2.21. The summed E-state index contributed by atoms with van der Waals surface area (Å²) in [6.45, 7) is 1.71. The van der Waals surface area contributed by atoms with E-state index in [2.05, 4.69) is 5.32 Å². The average molecular weight is 446 g/mol. The molecule has 7 nitrogen and oxygen atoms in total. The number of hydrogen-bond donors (Lipinski definition) is 2. The van der Waals surface area contributed by atoms with Gasteiger partial charge in [0, 0.05) is 24.1 Å². The van der Waals surface area contributed by atoms with Crippen molar-refractivity contribution in [1.82, 2.24) is 4.57 Å². The summed E-state index contributed by atoms with van der Waals surface area (Å²) in [5, 5.41) is 3.64. The molecule has 1 aliphatic rings. The van der Waals surface area contributed by atoms with Gasteiger partial charge in [0.25, 0.3) is 15.7 Å². The monoisotopic (exact) mass is 446 g/mol. The maximum absolute atomic E-state index is 13.5. The van der Waals surface area contributed by atoms with Crippen LogP contribution in [0.3, 0.4) is 0 Å². The van der Waals surface area contributed by atoms with Gasteiger partial charge in [0.05, 0.1) is 22.5 Å². The van der Waals surface area contributed by atoms with Crippen molar-refractivity contribution in [2.45, 2.75) is 11.8 Å². The summed E-state index contributed by atoms with van der Waals surface area (Å²) >= 11 is 0. The molecule has 32 heavy (non-hydrogen) atoms. The van der Waals surface area contributed by atoms with Crippen LogP contribution in [0.4, 0.5) is 11.4 Å². The van der Waals surface area contributed by atoms with Crippen LogP contribution in [0.15, 0.2) is 70.4 Å². The van der Waals surface area contributed by atoms with E-state index in [0.717, 1.165) is 0 Å². The van der Waals surface area contributed by atoms with Crippen molar-refractivity contribution < 1.29 is 17.8 Å². The van der Waals surface area contributed by atoms with E-state index in [4.69, 9.17) is 0 Å². The van der Waals surface area contributed by atoms with E-state index in [9.17, 15) is 22.6 Å². The Labute approximate surface area is 183 Å². The van der Waals surface area contributed by atoms with Crippen molar-refractivity contribution in [3.05, 3.63) is 87.7 Å². The highest BCUT2D eigenvalue weighted by Gasteiger charge is 2.29. The van der Waals surface area contributed by atoms with Gasteiger partial charge in [-0.2, -0.15) is 8.42 Å². The second kappa shape index (κ2) is 6.88. The highest BCUT2D eigenvalue weighted by atomic mass is 32.2. The number of nitrogens with zero attached hydrogens (tertiary/aromatic N) is 1. The van der Waals surface area contributed by atoms with Crippen LogP contribution in [0.1, 0.15) is 21.5 Å². The Bertz CT molecular complexity index is 1630. The fourth-order valence-corrected chi connectivity index (χ4v) is 4.98. The van der Waals surface area contributed by atoms with Crippen LogP contribution in [0.2, 0.25) is 0 Å². The van der Waals surface area contributed by atoms with Crippen LogP contribution in [-0.4, -0.2) is 23.3 Å². The number of aryl methyl sites for hydroxylation is 2. The smallest absolute Gasteiger partial charge is 0.296 e. The number of nitrogens with one attached hydrogen (secondary N) is 1. The molecule has 0 saturated heterocycles. The largest absolute Gasteiger partial charge is 0.354 e. The predicted molar refractivity (Wildman–Crippen MR) is 122 cm³/mol. The lowest BCUT2D eigenvalue weighted by atomic mass is 9.83. The van der Waals surface area contributed by atoms with Gasteiger partial charge in [-0.1, -0.05) is 30.3 Å². The third-order valence-electron chi connectivity index (χ3n) is 5.79. The predicted octanol–water partition coefficient (Wildman–Crippen LogP) is 4.05. The van der Waals surface area contributed by atoms with Crippen molar-refractivity contribution in [2.75, 3.05) is 5.32 Å². The number of fused-ring (bicyclic) bond motifs is 2. The number of rotatable bonds is 3. The first kappa shape index (κ1) is 20.2. The molecule has 0 atom stereocenters. The van der Waals surface area contributed by atoms with Gasteiger partial charge in [-0.3, -0.25) is 14.1 Å².